The molecule has 1 saturated carbocycles. The minimum atomic E-state index is -0.263. The van der Waals surface area contributed by atoms with E-state index in [-0.39, 0.29) is 18.0 Å². The minimum Gasteiger partial charge on any atom is -0.368 e. The van der Waals surface area contributed by atoms with Crippen LogP contribution in [0.3, 0.4) is 0 Å². The molecule has 98 valence electrons. The molecule has 0 aliphatic heterocycles. The molecule has 18 heavy (non-hydrogen) atoms. The molecule has 0 spiro atoms. The molecule has 2 rings (SSSR count). The molecule has 0 atom stereocenters. The molecule has 0 radical (unpaired) electrons. The minimum absolute atomic E-state index is 0.104. The van der Waals surface area contributed by atoms with Crippen LogP contribution in [0.25, 0.3) is 0 Å². The zero-order valence-electron chi connectivity index (χ0n) is 11.5. The van der Waals surface area contributed by atoms with Crippen molar-refractivity contribution in [2.24, 2.45) is 0 Å². The van der Waals surface area contributed by atoms with E-state index in [1.165, 1.54) is 24.8 Å². The highest BCUT2D eigenvalue weighted by atomic mass is 16.5. The van der Waals surface area contributed by atoms with E-state index in [9.17, 15) is 4.79 Å². The lowest BCUT2D eigenvalue weighted by atomic mass is 9.77. The number of ether oxygens (including phenoxy) is 1. The number of Topliss-reactive ketones (excluding diaryl/α,β-unsaturated/α-hetero) is 1. The molecular weight excluding hydrogens is 224 g/mol. The van der Waals surface area contributed by atoms with E-state index in [2.05, 4.69) is 6.07 Å². The predicted octanol–water partition coefficient (Wildman–Crippen LogP) is 3.95. The number of carbonyl (C=O) groups excluding carboxylic acids is 1. The Morgan fingerprint density at radius 2 is 1.94 bits per heavy atom. The van der Waals surface area contributed by atoms with Crippen LogP contribution in [0.5, 0.6) is 0 Å². The average Bonchev–Trinajstić information content (AvgIpc) is 2.23. The van der Waals surface area contributed by atoms with Crippen LogP contribution in [0.1, 0.15) is 61.9 Å². The second kappa shape index (κ2) is 5.23. The molecule has 1 aromatic carbocycles. The van der Waals surface area contributed by atoms with Gasteiger partial charge in [0.1, 0.15) is 6.61 Å². The third-order valence-electron chi connectivity index (χ3n) is 3.44. The maximum absolute atomic E-state index is 12.2. The van der Waals surface area contributed by atoms with Gasteiger partial charge in [-0.15, -0.1) is 0 Å². The van der Waals surface area contributed by atoms with Gasteiger partial charge in [-0.1, -0.05) is 30.7 Å². The molecule has 0 amide bonds. The number of ketones is 1. The zero-order valence-corrected chi connectivity index (χ0v) is 11.5. The number of hydrogen-bond donors (Lipinski definition) is 0. The van der Waals surface area contributed by atoms with Crippen LogP contribution < -0.4 is 0 Å². The Hall–Kier alpha value is -1.15. The van der Waals surface area contributed by atoms with E-state index >= 15 is 0 Å². The molecule has 0 N–H and O–H groups in total. The first kappa shape index (κ1) is 13.3. The van der Waals surface area contributed by atoms with Crippen molar-refractivity contribution in [3.05, 3.63) is 35.4 Å². The number of rotatable bonds is 4. The van der Waals surface area contributed by atoms with Crippen molar-refractivity contribution < 1.29 is 9.53 Å². The molecule has 0 aromatic heterocycles. The zero-order chi connectivity index (χ0) is 13.2. The SMILES string of the molecule is CC(C)(C)OCC(=O)c1ccccc1C1CCC1. The van der Waals surface area contributed by atoms with Crippen LogP contribution >= 0.6 is 0 Å². The van der Waals surface area contributed by atoms with Gasteiger partial charge in [-0.2, -0.15) is 0 Å². The second-order valence-electron chi connectivity index (χ2n) is 6.04. The van der Waals surface area contributed by atoms with Gasteiger partial charge < -0.3 is 4.74 Å². The second-order valence-corrected chi connectivity index (χ2v) is 6.04. The molecule has 0 heterocycles. The smallest absolute Gasteiger partial charge is 0.188 e. The highest BCUT2D eigenvalue weighted by Crippen LogP contribution is 2.38. The van der Waals surface area contributed by atoms with Crippen molar-refractivity contribution in [2.75, 3.05) is 6.61 Å². The van der Waals surface area contributed by atoms with Gasteiger partial charge in [0.2, 0.25) is 0 Å². The Labute approximate surface area is 109 Å². The lowest BCUT2D eigenvalue weighted by molar-refractivity contribution is 0.00299. The molecule has 0 saturated heterocycles. The summed E-state index contributed by atoms with van der Waals surface area (Å²) in [6.45, 7) is 6.08. The average molecular weight is 246 g/mol. The van der Waals surface area contributed by atoms with Gasteiger partial charge in [0.25, 0.3) is 0 Å². The van der Waals surface area contributed by atoms with Gasteiger partial charge in [0.15, 0.2) is 5.78 Å². The Balaban J connectivity index is 2.09. The van der Waals surface area contributed by atoms with E-state index in [0.29, 0.717) is 5.92 Å². The fourth-order valence-electron chi connectivity index (χ4n) is 2.19. The summed E-state index contributed by atoms with van der Waals surface area (Å²) in [5.74, 6) is 0.687. The van der Waals surface area contributed by atoms with Crippen LogP contribution in [0.2, 0.25) is 0 Å². The molecule has 2 nitrogen and oxygen atoms in total. The number of hydrogen-bond acceptors (Lipinski definition) is 2. The summed E-state index contributed by atoms with van der Waals surface area (Å²) >= 11 is 0. The predicted molar refractivity (Wildman–Crippen MR) is 73.1 cm³/mol. The first-order valence-corrected chi connectivity index (χ1v) is 6.73. The normalized spacial score (nSPS) is 16.4. The first-order valence-electron chi connectivity index (χ1n) is 6.73. The topological polar surface area (TPSA) is 26.3 Å². The lowest BCUT2D eigenvalue weighted by Crippen LogP contribution is -2.24. The monoisotopic (exact) mass is 246 g/mol. The summed E-state index contributed by atoms with van der Waals surface area (Å²) in [5, 5.41) is 0. The van der Waals surface area contributed by atoms with Gasteiger partial charge in [-0.3, -0.25) is 4.79 Å². The molecule has 0 unspecified atom stereocenters. The molecule has 1 fully saturated rings. The van der Waals surface area contributed by atoms with E-state index in [0.717, 1.165) is 5.56 Å². The summed E-state index contributed by atoms with van der Waals surface area (Å²) in [4.78, 5) is 12.2. The maximum atomic E-state index is 12.2. The van der Waals surface area contributed by atoms with Crippen LogP contribution in [0.15, 0.2) is 24.3 Å². The molecule has 1 aromatic rings. The number of carbonyl (C=O) groups is 1. The maximum Gasteiger partial charge on any atom is 0.188 e. The van der Waals surface area contributed by atoms with Gasteiger partial charge >= 0.3 is 0 Å². The fraction of sp³-hybridized carbons (Fsp3) is 0.562. The highest BCUT2D eigenvalue weighted by molar-refractivity contribution is 5.98. The Morgan fingerprint density at radius 3 is 2.50 bits per heavy atom. The van der Waals surface area contributed by atoms with Gasteiger partial charge in [-0.25, -0.2) is 0 Å². The van der Waals surface area contributed by atoms with Crippen LogP contribution in [0.4, 0.5) is 0 Å². The molecule has 1 aliphatic carbocycles. The van der Waals surface area contributed by atoms with Crippen molar-refractivity contribution in [2.45, 2.75) is 51.6 Å². The van der Waals surface area contributed by atoms with E-state index in [1.807, 2.05) is 39.0 Å². The first-order chi connectivity index (χ1) is 8.47. The van der Waals surface area contributed by atoms with Crippen LogP contribution in [0, 0.1) is 0 Å². The third-order valence-corrected chi connectivity index (χ3v) is 3.44. The van der Waals surface area contributed by atoms with Crippen LogP contribution in [-0.2, 0) is 4.74 Å². The number of benzene rings is 1. The Kier molecular flexibility index (Phi) is 3.86. The van der Waals surface area contributed by atoms with Crippen molar-refractivity contribution >= 4 is 5.78 Å². The fourth-order valence-corrected chi connectivity index (χ4v) is 2.19. The Morgan fingerprint density at radius 1 is 1.28 bits per heavy atom. The standard InChI is InChI=1S/C16H22O2/c1-16(2,3)18-11-15(17)14-10-5-4-9-13(14)12-7-6-8-12/h4-5,9-10,12H,6-8,11H2,1-3H3. The largest absolute Gasteiger partial charge is 0.368 e. The lowest BCUT2D eigenvalue weighted by Gasteiger charge is -2.28. The molecule has 0 bridgehead atoms. The van der Waals surface area contributed by atoms with Crippen molar-refractivity contribution in [3.63, 3.8) is 0 Å². The van der Waals surface area contributed by atoms with Crippen molar-refractivity contribution in [3.8, 4) is 0 Å². The van der Waals surface area contributed by atoms with Crippen LogP contribution in [-0.4, -0.2) is 18.0 Å². The Bertz CT molecular complexity index is 425. The van der Waals surface area contributed by atoms with Gasteiger partial charge in [0, 0.05) is 5.56 Å². The summed E-state index contributed by atoms with van der Waals surface area (Å²) in [5.41, 5.74) is 1.80. The van der Waals surface area contributed by atoms with Gasteiger partial charge in [0.05, 0.1) is 5.60 Å². The summed E-state index contributed by atoms with van der Waals surface area (Å²) in [6, 6.07) is 7.98. The van der Waals surface area contributed by atoms with Crippen molar-refractivity contribution in [1.29, 1.82) is 0 Å². The third kappa shape index (κ3) is 3.20. The molecule has 1 aliphatic rings. The highest BCUT2D eigenvalue weighted by Gasteiger charge is 2.24. The quantitative estimate of drug-likeness (QED) is 0.752. The van der Waals surface area contributed by atoms with Crippen molar-refractivity contribution in [1.82, 2.24) is 0 Å². The molecular formula is C16H22O2. The summed E-state index contributed by atoms with van der Waals surface area (Å²) in [7, 11) is 0. The van der Waals surface area contributed by atoms with E-state index in [4.69, 9.17) is 4.74 Å². The van der Waals surface area contributed by atoms with E-state index in [1.54, 1.807) is 0 Å². The summed E-state index contributed by atoms with van der Waals surface area (Å²) in [6.07, 6.45) is 3.71. The van der Waals surface area contributed by atoms with Gasteiger partial charge in [-0.05, 0) is 45.1 Å². The van der Waals surface area contributed by atoms with E-state index < -0.39 is 0 Å². The summed E-state index contributed by atoms with van der Waals surface area (Å²) < 4.78 is 5.58. The molecule has 2 heteroatoms.